The predicted molar refractivity (Wildman–Crippen MR) is 82.5 cm³/mol. The minimum Gasteiger partial charge on any atom is -0.458 e. The zero-order valence-electron chi connectivity index (χ0n) is 11.8. The van der Waals surface area contributed by atoms with Crippen molar-refractivity contribution in [2.45, 2.75) is 45.1 Å². The van der Waals surface area contributed by atoms with Crippen LogP contribution >= 0.6 is 11.6 Å². The summed E-state index contributed by atoms with van der Waals surface area (Å²) in [6.45, 7) is 2.24. The molecule has 1 aromatic heterocycles. The van der Waals surface area contributed by atoms with Crippen molar-refractivity contribution in [2.75, 3.05) is 0 Å². The second kappa shape index (κ2) is 5.40. The van der Waals surface area contributed by atoms with Gasteiger partial charge in [-0.15, -0.1) is 0 Å². The van der Waals surface area contributed by atoms with Crippen LogP contribution in [0.1, 0.15) is 50.8 Å². The molecule has 1 aromatic carbocycles. The van der Waals surface area contributed by atoms with E-state index in [-0.39, 0.29) is 11.5 Å². The van der Waals surface area contributed by atoms with Crippen molar-refractivity contribution in [1.29, 1.82) is 0 Å². The molecule has 4 heteroatoms. The van der Waals surface area contributed by atoms with Gasteiger partial charge in [0, 0.05) is 5.39 Å². The van der Waals surface area contributed by atoms with Crippen molar-refractivity contribution in [3.05, 3.63) is 35.0 Å². The van der Waals surface area contributed by atoms with Crippen LogP contribution in [0, 0.1) is 5.41 Å². The van der Waals surface area contributed by atoms with Crippen molar-refractivity contribution >= 4 is 22.6 Å². The number of hydrazine groups is 1. The maximum atomic E-state index is 6.20. The summed E-state index contributed by atoms with van der Waals surface area (Å²) in [7, 11) is 0. The summed E-state index contributed by atoms with van der Waals surface area (Å²) in [4.78, 5) is 0. The second-order valence-electron chi connectivity index (χ2n) is 5.83. The van der Waals surface area contributed by atoms with E-state index in [2.05, 4.69) is 18.4 Å². The van der Waals surface area contributed by atoms with Gasteiger partial charge in [0.2, 0.25) is 0 Å². The highest BCUT2D eigenvalue weighted by Gasteiger charge is 2.41. The highest BCUT2D eigenvalue weighted by atomic mass is 35.5. The molecule has 2 aromatic rings. The lowest BCUT2D eigenvalue weighted by molar-refractivity contribution is 0.168. The maximum absolute atomic E-state index is 6.20. The zero-order valence-corrected chi connectivity index (χ0v) is 12.5. The maximum Gasteiger partial charge on any atom is 0.152 e. The standard InChI is InChI=1S/C16H21ClN2O/c1-2-16(8-3-4-9-16)15(19-18)13-10-11-6-5-7-12(17)14(11)20-13/h5-7,10,15,19H,2-4,8-9,18H2,1H3. The van der Waals surface area contributed by atoms with Gasteiger partial charge in [0.1, 0.15) is 5.76 Å². The molecule has 1 aliphatic rings. The molecule has 108 valence electrons. The third kappa shape index (κ3) is 2.14. The summed E-state index contributed by atoms with van der Waals surface area (Å²) in [5.41, 5.74) is 3.96. The van der Waals surface area contributed by atoms with Crippen molar-refractivity contribution < 1.29 is 4.42 Å². The lowest BCUT2D eigenvalue weighted by Gasteiger charge is -2.35. The number of hydrogen-bond donors (Lipinski definition) is 2. The normalized spacial score (nSPS) is 19.6. The van der Waals surface area contributed by atoms with Gasteiger partial charge in [-0.3, -0.25) is 5.84 Å². The number of furan rings is 1. The fourth-order valence-electron chi connectivity index (χ4n) is 3.68. The summed E-state index contributed by atoms with van der Waals surface area (Å²) in [6.07, 6.45) is 6.04. The Morgan fingerprint density at radius 2 is 2.15 bits per heavy atom. The van der Waals surface area contributed by atoms with Crippen LogP contribution in [0.4, 0.5) is 0 Å². The number of fused-ring (bicyclic) bond motifs is 1. The van der Waals surface area contributed by atoms with Crippen LogP contribution in [0.2, 0.25) is 5.02 Å². The molecule has 1 heterocycles. The molecule has 0 saturated heterocycles. The highest BCUT2D eigenvalue weighted by Crippen LogP contribution is 2.50. The molecule has 1 atom stereocenters. The Bertz CT molecular complexity index is 602. The molecule has 0 aliphatic heterocycles. The van der Waals surface area contributed by atoms with Crippen LogP contribution < -0.4 is 11.3 Å². The van der Waals surface area contributed by atoms with Crippen LogP contribution in [-0.4, -0.2) is 0 Å². The third-order valence-electron chi connectivity index (χ3n) is 4.88. The number of hydrogen-bond acceptors (Lipinski definition) is 3. The second-order valence-corrected chi connectivity index (χ2v) is 6.24. The van der Waals surface area contributed by atoms with E-state index in [1.54, 1.807) is 0 Å². The first kappa shape index (κ1) is 13.9. The molecule has 1 unspecified atom stereocenters. The molecule has 3 N–H and O–H groups in total. The molecular formula is C16H21ClN2O. The van der Waals surface area contributed by atoms with Crippen LogP contribution in [0.5, 0.6) is 0 Å². The Morgan fingerprint density at radius 1 is 1.40 bits per heavy atom. The molecule has 0 amide bonds. The zero-order chi connectivity index (χ0) is 14.2. The number of halogens is 1. The summed E-state index contributed by atoms with van der Waals surface area (Å²) in [5, 5.41) is 1.69. The molecule has 3 nitrogen and oxygen atoms in total. The SMILES string of the molecule is CCC1(C(NN)c2cc3cccc(Cl)c3o2)CCCC1. The van der Waals surface area contributed by atoms with Crippen molar-refractivity contribution in [3.8, 4) is 0 Å². The molecule has 1 saturated carbocycles. The molecule has 1 aliphatic carbocycles. The molecule has 1 fully saturated rings. The van der Waals surface area contributed by atoms with E-state index in [0.29, 0.717) is 5.02 Å². The van der Waals surface area contributed by atoms with Gasteiger partial charge < -0.3 is 4.42 Å². The van der Waals surface area contributed by atoms with E-state index < -0.39 is 0 Å². The van der Waals surface area contributed by atoms with Gasteiger partial charge in [0.25, 0.3) is 0 Å². The van der Waals surface area contributed by atoms with Gasteiger partial charge >= 0.3 is 0 Å². The van der Waals surface area contributed by atoms with Gasteiger partial charge in [0.15, 0.2) is 5.58 Å². The number of benzene rings is 1. The Balaban J connectivity index is 2.05. The Hall–Kier alpha value is -1.03. The summed E-state index contributed by atoms with van der Waals surface area (Å²) < 4.78 is 6.02. The Kier molecular flexibility index (Phi) is 3.76. The summed E-state index contributed by atoms with van der Waals surface area (Å²) in [5.74, 6) is 6.76. The van der Waals surface area contributed by atoms with Crippen molar-refractivity contribution in [3.63, 3.8) is 0 Å². The minimum absolute atomic E-state index is 0.0541. The first-order chi connectivity index (χ1) is 9.70. The van der Waals surface area contributed by atoms with E-state index in [1.807, 2.05) is 18.2 Å². The lowest BCUT2D eigenvalue weighted by Crippen LogP contribution is -2.39. The first-order valence-corrected chi connectivity index (χ1v) is 7.72. The Morgan fingerprint density at radius 3 is 2.75 bits per heavy atom. The van der Waals surface area contributed by atoms with Crippen LogP contribution in [0.25, 0.3) is 11.0 Å². The lowest BCUT2D eigenvalue weighted by atomic mass is 9.75. The van der Waals surface area contributed by atoms with Gasteiger partial charge in [0.05, 0.1) is 11.1 Å². The largest absolute Gasteiger partial charge is 0.458 e. The van der Waals surface area contributed by atoms with Crippen molar-refractivity contribution in [1.82, 2.24) is 5.43 Å². The fourth-order valence-corrected chi connectivity index (χ4v) is 3.90. The van der Waals surface area contributed by atoms with Crippen molar-refractivity contribution in [2.24, 2.45) is 11.3 Å². The van der Waals surface area contributed by atoms with Crippen LogP contribution in [0.15, 0.2) is 28.7 Å². The monoisotopic (exact) mass is 292 g/mol. The highest BCUT2D eigenvalue weighted by molar-refractivity contribution is 6.34. The van der Waals surface area contributed by atoms with Crippen LogP contribution in [0.3, 0.4) is 0 Å². The van der Waals surface area contributed by atoms with E-state index in [9.17, 15) is 0 Å². The minimum atomic E-state index is 0.0541. The average Bonchev–Trinajstić information content (AvgIpc) is 3.08. The smallest absolute Gasteiger partial charge is 0.152 e. The van der Waals surface area contributed by atoms with Gasteiger partial charge in [-0.05, 0) is 36.8 Å². The van der Waals surface area contributed by atoms with E-state index in [0.717, 1.165) is 23.2 Å². The fraction of sp³-hybridized carbons (Fsp3) is 0.500. The number of nitrogens with one attached hydrogen (secondary N) is 1. The van der Waals surface area contributed by atoms with Gasteiger partial charge in [-0.1, -0.05) is 43.5 Å². The summed E-state index contributed by atoms with van der Waals surface area (Å²) >= 11 is 6.20. The predicted octanol–water partition coefficient (Wildman–Crippen LogP) is 4.56. The number of para-hydroxylation sites is 1. The molecule has 3 rings (SSSR count). The van der Waals surface area contributed by atoms with E-state index in [4.69, 9.17) is 21.9 Å². The van der Waals surface area contributed by atoms with E-state index >= 15 is 0 Å². The number of nitrogens with two attached hydrogens (primary N) is 1. The van der Waals surface area contributed by atoms with E-state index in [1.165, 1.54) is 25.7 Å². The molecular weight excluding hydrogens is 272 g/mol. The van der Waals surface area contributed by atoms with Crippen LogP contribution in [-0.2, 0) is 0 Å². The summed E-state index contributed by atoms with van der Waals surface area (Å²) in [6, 6.07) is 7.95. The third-order valence-corrected chi connectivity index (χ3v) is 5.18. The quantitative estimate of drug-likeness (QED) is 0.641. The average molecular weight is 293 g/mol. The molecule has 20 heavy (non-hydrogen) atoms. The molecule has 0 radical (unpaired) electrons. The topological polar surface area (TPSA) is 51.2 Å². The van der Waals surface area contributed by atoms with Gasteiger partial charge in [-0.25, -0.2) is 5.43 Å². The Labute approximate surface area is 124 Å². The molecule has 0 bridgehead atoms. The number of rotatable bonds is 4. The first-order valence-electron chi connectivity index (χ1n) is 7.34. The van der Waals surface area contributed by atoms with Gasteiger partial charge in [-0.2, -0.15) is 0 Å². The molecule has 0 spiro atoms.